The van der Waals surface area contributed by atoms with Gasteiger partial charge in [0.1, 0.15) is 11.5 Å². The van der Waals surface area contributed by atoms with E-state index in [4.69, 9.17) is 4.42 Å². The van der Waals surface area contributed by atoms with Crippen LogP contribution in [0.25, 0.3) is 11.3 Å². The minimum atomic E-state index is -0.457. The van der Waals surface area contributed by atoms with Gasteiger partial charge in [-0.1, -0.05) is 48.0 Å². The number of hydrogen-bond acceptors (Lipinski definition) is 4. The summed E-state index contributed by atoms with van der Waals surface area (Å²) in [4.78, 5) is 13.0. The molecule has 1 aliphatic carbocycles. The highest BCUT2D eigenvalue weighted by Gasteiger charge is 2.42. The summed E-state index contributed by atoms with van der Waals surface area (Å²) in [6.45, 7) is 6.09. The number of halogens is 1. The number of dihydropyridines is 1. The molecule has 28 heavy (non-hydrogen) atoms. The second kappa shape index (κ2) is 6.79. The van der Waals surface area contributed by atoms with Gasteiger partial charge in [0.05, 0.1) is 17.6 Å². The molecule has 0 radical (unpaired) electrons. The molecular weight excluding hydrogens is 416 g/mol. The molecule has 1 aliphatic heterocycles. The van der Waals surface area contributed by atoms with Crippen LogP contribution in [0.15, 0.2) is 67.8 Å². The number of allylic oxidation sites excluding steroid dienone is 4. The normalized spacial score (nSPS) is 21.2. The number of rotatable bonds is 2. The Bertz CT molecular complexity index is 1080. The third kappa shape index (κ3) is 3.12. The van der Waals surface area contributed by atoms with E-state index in [-0.39, 0.29) is 11.2 Å². The maximum Gasteiger partial charge on any atom is 0.162 e. The zero-order chi connectivity index (χ0) is 20.1. The summed E-state index contributed by atoms with van der Waals surface area (Å²) in [5.74, 6) is 0.967. The van der Waals surface area contributed by atoms with Crippen LogP contribution in [0.3, 0.4) is 0 Å². The van der Waals surface area contributed by atoms with Crippen LogP contribution in [0.5, 0.6) is 0 Å². The van der Waals surface area contributed by atoms with Crippen molar-refractivity contribution in [1.29, 1.82) is 5.26 Å². The molecule has 4 rings (SSSR count). The van der Waals surface area contributed by atoms with Crippen molar-refractivity contribution in [2.24, 2.45) is 5.41 Å². The number of nitrogens with one attached hydrogen (secondary N) is 1. The summed E-state index contributed by atoms with van der Waals surface area (Å²) in [7, 11) is 0. The van der Waals surface area contributed by atoms with Crippen molar-refractivity contribution in [3.8, 4) is 17.4 Å². The molecule has 2 aromatic rings. The highest BCUT2D eigenvalue weighted by molar-refractivity contribution is 9.10. The fourth-order valence-corrected chi connectivity index (χ4v) is 4.66. The van der Waals surface area contributed by atoms with Crippen molar-refractivity contribution < 1.29 is 9.21 Å². The number of carbonyl (C=O) groups excluding carboxylic acids is 1. The van der Waals surface area contributed by atoms with Gasteiger partial charge < -0.3 is 9.73 Å². The van der Waals surface area contributed by atoms with E-state index in [0.717, 1.165) is 27.9 Å². The molecule has 5 heteroatoms. The first-order chi connectivity index (χ1) is 13.3. The van der Waals surface area contributed by atoms with Crippen LogP contribution in [0.1, 0.15) is 45.3 Å². The molecule has 1 atom stereocenters. The number of hydrogen-bond donors (Lipinski definition) is 1. The summed E-state index contributed by atoms with van der Waals surface area (Å²) in [6, 6.07) is 13.9. The van der Waals surface area contributed by atoms with Gasteiger partial charge in [-0.3, -0.25) is 4.79 Å². The average Bonchev–Trinajstić information content (AvgIpc) is 3.09. The largest absolute Gasteiger partial charge is 0.460 e. The third-order valence-corrected chi connectivity index (χ3v) is 6.10. The van der Waals surface area contributed by atoms with Crippen LogP contribution in [-0.4, -0.2) is 5.78 Å². The highest BCUT2D eigenvalue weighted by Crippen LogP contribution is 2.47. The molecule has 4 nitrogen and oxygen atoms in total. The fourth-order valence-electron chi connectivity index (χ4n) is 4.18. The molecule has 2 heterocycles. The Labute approximate surface area is 173 Å². The Morgan fingerprint density at radius 2 is 1.96 bits per heavy atom. The van der Waals surface area contributed by atoms with E-state index < -0.39 is 5.92 Å². The molecule has 1 N–H and O–H groups in total. The molecular formula is C23H21BrN2O2. The first-order valence-electron chi connectivity index (χ1n) is 9.29. The van der Waals surface area contributed by atoms with Crippen LogP contribution in [0.4, 0.5) is 0 Å². The molecule has 0 spiro atoms. The van der Waals surface area contributed by atoms with Gasteiger partial charge in [-0.15, -0.1) is 0 Å². The van der Waals surface area contributed by atoms with Crippen molar-refractivity contribution >= 4 is 21.7 Å². The number of Topliss-reactive ketones (excluding diaryl/α,β-unsaturated/α-hetero) is 1. The lowest BCUT2D eigenvalue weighted by atomic mass is 9.70. The SMILES string of the molecule is CC1=C(C#N)[C@H](c2ccc(-c3ccccc3Br)o2)C2=C(CC(C)(C)CC2=O)N1. The van der Waals surface area contributed by atoms with Crippen molar-refractivity contribution in [2.75, 3.05) is 0 Å². The summed E-state index contributed by atoms with van der Waals surface area (Å²) in [5.41, 5.74) is 3.76. The third-order valence-electron chi connectivity index (χ3n) is 5.41. The predicted molar refractivity (Wildman–Crippen MR) is 111 cm³/mol. The first kappa shape index (κ1) is 18.8. The number of benzene rings is 1. The van der Waals surface area contributed by atoms with E-state index in [2.05, 4.69) is 41.2 Å². The maximum absolute atomic E-state index is 13.0. The van der Waals surface area contributed by atoms with Crippen LogP contribution in [0, 0.1) is 16.7 Å². The van der Waals surface area contributed by atoms with Crippen LogP contribution < -0.4 is 5.32 Å². The Hall–Kier alpha value is -2.58. The number of carbonyl (C=O) groups is 1. The van der Waals surface area contributed by atoms with E-state index in [9.17, 15) is 10.1 Å². The number of nitrogens with zero attached hydrogens (tertiary/aromatic N) is 1. The summed E-state index contributed by atoms with van der Waals surface area (Å²) >= 11 is 3.56. The van der Waals surface area contributed by atoms with Crippen molar-refractivity contribution in [1.82, 2.24) is 5.32 Å². The minimum absolute atomic E-state index is 0.0860. The first-order valence-corrected chi connectivity index (χ1v) is 10.1. The van der Waals surface area contributed by atoms with Gasteiger partial charge in [0.15, 0.2) is 5.78 Å². The smallest absolute Gasteiger partial charge is 0.162 e. The zero-order valence-electron chi connectivity index (χ0n) is 16.1. The zero-order valence-corrected chi connectivity index (χ0v) is 17.7. The molecule has 0 saturated heterocycles. The second-order valence-electron chi connectivity index (χ2n) is 8.22. The van der Waals surface area contributed by atoms with Gasteiger partial charge in [-0.2, -0.15) is 5.26 Å². The molecule has 1 aromatic carbocycles. The van der Waals surface area contributed by atoms with E-state index in [0.29, 0.717) is 29.1 Å². The summed E-state index contributed by atoms with van der Waals surface area (Å²) in [6.07, 6.45) is 1.25. The Morgan fingerprint density at radius 3 is 2.68 bits per heavy atom. The monoisotopic (exact) mass is 436 g/mol. The van der Waals surface area contributed by atoms with Crippen LogP contribution in [0.2, 0.25) is 0 Å². The van der Waals surface area contributed by atoms with E-state index in [1.807, 2.05) is 43.3 Å². The number of furan rings is 1. The van der Waals surface area contributed by atoms with Crippen molar-refractivity contribution in [3.63, 3.8) is 0 Å². The van der Waals surface area contributed by atoms with Gasteiger partial charge in [-0.25, -0.2) is 0 Å². The lowest BCUT2D eigenvalue weighted by Crippen LogP contribution is -2.36. The molecule has 0 fully saturated rings. The quantitative estimate of drug-likeness (QED) is 0.642. The van der Waals surface area contributed by atoms with E-state index >= 15 is 0 Å². The fraction of sp³-hybridized carbons (Fsp3) is 0.304. The number of nitriles is 1. The lowest BCUT2D eigenvalue weighted by molar-refractivity contribution is -0.118. The molecule has 1 aromatic heterocycles. The van der Waals surface area contributed by atoms with Gasteiger partial charge in [-0.05, 0) is 37.0 Å². The average molecular weight is 437 g/mol. The molecule has 0 saturated carbocycles. The molecule has 142 valence electrons. The second-order valence-corrected chi connectivity index (χ2v) is 9.08. The van der Waals surface area contributed by atoms with Gasteiger partial charge in [0.25, 0.3) is 0 Å². The summed E-state index contributed by atoms with van der Waals surface area (Å²) < 4.78 is 7.12. The molecule has 0 amide bonds. The maximum atomic E-state index is 13.0. The van der Waals surface area contributed by atoms with E-state index in [1.165, 1.54) is 0 Å². The Kier molecular flexibility index (Phi) is 4.55. The van der Waals surface area contributed by atoms with Crippen LogP contribution in [-0.2, 0) is 4.79 Å². The topological polar surface area (TPSA) is 66.0 Å². The van der Waals surface area contributed by atoms with Gasteiger partial charge >= 0.3 is 0 Å². The van der Waals surface area contributed by atoms with Gasteiger partial charge in [0, 0.05) is 33.4 Å². The highest BCUT2D eigenvalue weighted by atomic mass is 79.9. The predicted octanol–water partition coefficient (Wildman–Crippen LogP) is 5.84. The van der Waals surface area contributed by atoms with Gasteiger partial charge in [0.2, 0.25) is 0 Å². The van der Waals surface area contributed by atoms with Crippen LogP contribution >= 0.6 is 15.9 Å². The lowest BCUT2D eigenvalue weighted by Gasteiger charge is -2.38. The molecule has 0 unspecified atom stereocenters. The molecule has 2 aliphatic rings. The Balaban J connectivity index is 1.84. The van der Waals surface area contributed by atoms with E-state index in [1.54, 1.807) is 0 Å². The van der Waals surface area contributed by atoms with Crippen molar-refractivity contribution in [2.45, 2.75) is 39.5 Å². The number of ketones is 1. The Morgan fingerprint density at radius 1 is 1.21 bits per heavy atom. The summed E-state index contributed by atoms with van der Waals surface area (Å²) in [5, 5.41) is 13.1. The molecule has 0 bridgehead atoms. The minimum Gasteiger partial charge on any atom is -0.460 e. The van der Waals surface area contributed by atoms with Crippen molar-refractivity contribution in [3.05, 3.63) is 69.2 Å². The standard InChI is InChI=1S/C23H21BrN2O2/c1-13-15(12-25)21(22-17(26-13)10-23(2,3)11-18(22)27)20-9-8-19(28-20)14-6-4-5-7-16(14)24/h4-9,21,26H,10-11H2,1-3H3/t21-/m1/s1.